The van der Waals surface area contributed by atoms with E-state index >= 15 is 0 Å². The second-order valence-corrected chi connectivity index (χ2v) is 4.87. The minimum Gasteiger partial charge on any atom is -0.389 e. The topological polar surface area (TPSA) is 20.2 Å². The van der Waals surface area contributed by atoms with Gasteiger partial charge in [-0.3, -0.25) is 0 Å². The van der Waals surface area contributed by atoms with Crippen molar-refractivity contribution in [2.24, 2.45) is 17.8 Å². The van der Waals surface area contributed by atoms with Crippen molar-refractivity contribution < 1.29 is 5.11 Å². The summed E-state index contributed by atoms with van der Waals surface area (Å²) in [6, 6.07) is 0. The molecule has 2 aliphatic rings. The van der Waals surface area contributed by atoms with Crippen LogP contribution in [0.25, 0.3) is 0 Å². The van der Waals surface area contributed by atoms with E-state index < -0.39 is 0 Å². The molecule has 1 fully saturated rings. The Balaban J connectivity index is 2.09. The molecular formula is C12H20O. The van der Waals surface area contributed by atoms with Crippen molar-refractivity contribution in [2.75, 3.05) is 0 Å². The predicted octanol–water partition coefficient (Wildman–Crippen LogP) is 2.75. The number of rotatable bonds is 3. The quantitative estimate of drug-likeness (QED) is 0.662. The third-order valence-electron chi connectivity index (χ3n) is 3.98. The fraction of sp³-hybridized carbons (Fsp3) is 0.833. The second kappa shape index (κ2) is 3.13. The molecule has 0 aromatic rings. The van der Waals surface area contributed by atoms with E-state index in [1.807, 2.05) is 0 Å². The minimum absolute atomic E-state index is 0.366. The maximum atomic E-state index is 10.5. The first kappa shape index (κ1) is 9.26. The number of aliphatic hydroxyl groups is 1. The molecule has 0 aliphatic heterocycles. The number of fused-ring (bicyclic) bond motifs is 2. The van der Waals surface area contributed by atoms with E-state index in [2.05, 4.69) is 26.0 Å². The van der Waals surface area contributed by atoms with Gasteiger partial charge in [0, 0.05) is 5.92 Å². The molecule has 4 unspecified atom stereocenters. The third kappa shape index (κ3) is 1.34. The van der Waals surface area contributed by atoms with Crippen LogP contribution in [0.1, 0.15) is 39.5 Å². The van der Waals surface area contributed by atoms with Gasteiger partial charge >= 0.3 is 0 Å². The summed E-state index contributed by atoms with van der Waals surface area (Å²) in [5.41, 5.74) is -0.366. The van der Waals surface area contributed by atoms with Crippen molar-refractivity contribution in [3.8, 4) is 0 Å². The molecule has 1 heteroatoms. The Hall–Kier alpha value is -0.300. The van der Waals surface area contributed by atoms with E-state index in [4.69, 9.17) is 0 Å². The van der Waals surface area contributed by atoms with Gasteiger partial charge in [-0.25, -0.2) is 0 Å². The largest absolute Gasteiger partial charge is 0.389 e. The lowest BCUT2D eigenvalue weighted by Crippen LogP contribution is -2.40. The van der Waals surface area contributed by atoms with Crippen LogP contribution in [0.15, 0.2) is 12.2 Å². The van der Waals surface area contributed by atoms with Crippen LogP contribution in [-0.2, 0) is 0 Å². The van der Waals surface area contributed by atoms with Gasteiger partial charge in [0.05, 0.1) is 5.60 Å². The summed E-state index contributed by atoms with van der Waals surface area (Å²) in [6.45, 7) is 4.40. The van der Waals surface area contributed by atoms with Gasteiger partial charge in [-0.15, -0.1) is 0 Å². The average Bonchev–Trinajstić information content (AvgIpc) is 2.64. The zero-order valence-electron chi connectivity index (χ0n) is 8.66. The monoisotopic (exact) mass is 180 g/mol. The van der Waals surface area contributed by atoms with Crippen molar-refractivity contribution in [1.82, 2.24) is 0 Å². The summed E-state index contributed by atoms with van der Waals surface area (Å²) < 4.78 is 0. The van der Waals surface area contributed by atoms with Crippen LogP contribution in [0.3, 0.4) is 0 Å². The molecule has 0 radical (unpaired) electrons. The smallest absolute Gasteiger partial charge is 0.0741 e. The molecule has 2 aliphatic carbocycles. The van der Waals surface area contributed by atoms with Crippen molar-refractivity contribution in [1.29, 1.82) is 0 Å². The minimum atomic E-state index is -0.366. The van der Waals surface area contributed by atoms with E-state index in [1.54, 1.807) is 0 Å². The first-order chi connectivity index (χ1) is 6.16. The Morgan fingerprint density at radius 3 is 2.77 bits per heavy atom. The number of allylic oxidation sites excluding steroid dienone is 1. The molecule has 0 aromatic carbocycles. The van der Waals surface area contributed by atoms with Crippen LogP contribution in [-0.4, -0.2) is 10.7 Å². The van der Waals surface area contributed by atoms with Gasteiger partial charge in [0.2, 0.25) is 0 Å². The molecule has 13 heavy (non-hydrogen) atoms. The molecule has 1 nitrogen and oxygen atoms in total. The van der Waals surface area contributed by atoms with Gasteiger partial charge in [-0.2, -0.15) is 0 Å². The summed E-state index contributed by atoms with van der Waals surface area (Å²) in [5.74, 6) is 1.60. The standard InChI is InChI=1S/C12H20O/c1-3-4-9(2)12(13)8-10-5-6-11(12)7-10/h5-6,9-11,13H,3-4,7-8H2,1-2H3. The summed E-state index contributed by atoms with van der Waals surface area (Å²) in [5, 5.41) is 10.5. The Kier molecular flexibility index (Phi) is 2.23. The molecule has 0 heterocycles. The van der Waals surface area contributed by atoms with Gasteiger partial charge in [0.1, 0.15) is 0 Å². The Bertz CT molecular complexity index is 221. The lowest BCUT2D eigenvalue weighted by Gasteiger charge is -2.36. The van der Waals surface area contributed by atoms with Crippen molar-refractivity contribution >= 4 is 0 Å². The highest BCUT2D eigenvalue weighted by molar-refractivity contribution is 5.17. The maximum Gasteiger partial charge on any atom is 0.0741 e. The molecule has 0 spiro atoms. The lowest BCUT2D eigenvalue weighted by atomic mass is 9.76. The van der Waals surface area contributed by atoms with E-state index in [1.165, 1.54) is 12.8 Å². The van der Waals surface area contributed by atoms with Crippen LogP contribution >= 0.6 is 0 Å². The van der Waals surface area contributed by atoms with Crippen LogP contribution in [0, 0.1) is 17.8 Å². The highest BCUT2D eigenvalue weighted by Crippen LogP contribution is 2.50. The van der Waals surface area contributed by atoms with Gasteiger partial charge < -0.3 is 5.11 Å². The van der Waals surface area contributed by atoms with Crippen LogP contribution in [0.4, 0.5) is 0 Å². The molecule has 1 N–H and O–H groups in total. The SMILES string of the molecule is CCCC(C)C1(O)CC2C=CC1C2. The lowest BCUT2D eigenvalue weighted by molar-refractivity contribution is -0.0379. The molecule has 2 rings (SSSR count). The number of hydrogen-bond donors (Lipinski definition) is 1. The van der Waals surface area contributed by atoms with E-state index in [0.717, 1.165) is 12.8 Å². The van der Waals surface area contributed by atoms with Crippen LogP contribution < -0.4 is 0 Å². The van der Waals surface area contributed by atoms with Crippen LogP contribution in [0.5, 0.6) is 0 Å². The summed E-state index contributed by atoms with van der Waals surface area (Å²) in [7, 11) is 0. The Morgan fingerprint density at radius 2 is 2.31 bits per heavy atom. The maximum absolute atomic E-state index is 10.5. The van der Waals surface area contributed by atoms with Gasteiger partial charge in [0.15, 0.2) is 0 Å². The van der Waals surface area contributed by atoms with E-state index in [9.17, 15) is 5.11 Å². The molecular weight excluding hydrogens is 160 g/mol. The predicted molar refractivity (Wildman–Crippen MR) is 54.4 cm³/mol. The fourth-order valence-electron chi connectivity index (χ4n) is 3.12. The van der Waals surface area contributed by atoms with Gasteiger partial charge in [-0.05, 0) is 31.1 Å². The summed E-state index contributed by atoms with van der Waals surface area (Å²) >= 11 is 0. The van der Waals surface area contributed by atoms with Crippen molar-refractivity contribution in [3.63, 3.8) is 0 Å². The van der Waals surface area contributed by atoms with E-state index in [0.29, 0.717) is 17.8 Å². The average molecular weight is 180 g/mol. The summed E-state index contributed by atoms with van der Waals surface area (Å²) in [6.07, 6.45) is 9.08. The van der Waals surface area contributed by atoms with Gasteiger partial charge in [0.25, 0.3) is 0 Å². The molecule has 2 bridgehead atoms. The van der Waals surface area contributed by atoms with Crippen molar-refractivity contribution in [2.45, 2.75) is 45.1 Å². The first-order valence-corrected chi connectivity index (χ1v) is 5.57. The second-order valence-electron chi connectivity index (χ2n) is 4.87. The van der Waals surface area contributed by atoms with Crippen LogP contribution in [0.2, 0.25) is 0 Å². The van der Waals surface area contributed by atoms with Crippen molar-refractivity contribution in [3.05, 3.63) is 12.2 Å². The van der Waals surface area contributed by atoms with Gasteiger partial charge in [-0.1, -0.05) is 32.4 Å². The highest BCUT2D eigenvalue weighted by Gasteiger charge is 2.49. The third-order valence-corrected chi connectivity index (χ3v) is 3.98. The normalized spacial score (nSPS) is 44.2. The van der Waals surface area contributed by atoms with E-state index in [-0.39, 0.29) is 5.60 Å². The molecule has 1 saturated carbocycles. The zero-order chi connectivity index (χ0) is 9.47. The Morgan fingerprint density at radius 1 is 1.54 bits per heavy atom. The first-order valence-electron chi connectivity index (χ1n) is 5.57. The molecule has 0 aromatic heterocycles. The molecule has 0 saturated heterocycles. The fourth-order valence-corrected chi connectivity index (χ4v) is 3.12. The number of hydrogen-bond acceptors (Lipinski definition) is 1. The highest BCUT2D eigenvalue weighted by atomic mass is 16.3. The Labute approximate surface area is 80.8 Å². The molecule has 4 atom stereocenters. The molecule has 74 valence electrons. The summed E-state index contributed by atoms with van der Waals surface area (Å²) in [4.78, 5) is 0. The zero-order valence-corrected chi connectivity index (χ0v) is 8.66. The molecule has 0 amide bonds.